The van der Waals surface area contributed by atoms with Gasteiger partial charge in [0, 0.05) is 25.1 Å². The number of carbonyl (C=O) groups is 2. The van der Waals surface area contributed by atoms with Gasteiger partial charge in [-0.25, -0.2) is 4.98 Å². The van der Waals surface area contributed by atoms with Crippen LogP contribution in [0.5, 0.6) is 5.75 Å². The van der Waals surface area contributed by atoms with E-state index in [1.54, 1.807) is 11.7 Å². The third kappa shape index (κ3) is 4.37. The number of ketones is 1. The van der Waals surface area contributed by atoms with Crippen molar-refractivity contribution in [2.45, 2.75) is 53.0 Å². The highest BCUT2D eigenvalue weighted by Gasteiger charge is 2.28. The van der Waals surface area contributed by atoms with E-state index < -0.39 is 0 Å². The molecule has 28 heavy (non-hydrogen) atoms. The van der Waals surface area contributed by atoms with Gasteiger partial charge in [-0.05, 0) is 43.7 Å². The van der Waals surface area contributed by atoms with Crippen molar-refractivity contribution in [3.8, 4) is 5.75 Å². The molecule has 1 amide bonds. The zero-order chi connectivity index (χ0) is 20.3. The van der Waals surface area contributed by atoms with Crippen LogP contribution >= 0.6 is 0 Å². The summed E-state index contributed by atoms with van der Waals surface area (Å²) in [6.45, 7) is 7.70. The molecule has 1 atom stereocenters. The van der Waals surface area contributed by atoms with E-state index in [1.807, 2.05) is 36.9 Å². The first-order valence-electron chi connectivity index (χ1n) is 10.3. The molecule has 1 unspecified atom stereocenters. The third-order valence-electron chi connectivity index (χ3n) is 5.55. The highest BCUT2D eigenvalue weighted by atomic mass is 16.5. The molecule has 0 N–H and O–H groups in total. The molecule has 0 aliphatic heterocycles. The van der Waals surface area contributed by atoms with Gasteiger partial charge in [0.05, 0.1) is 18.1 Å². The normalized spacial score (nSPS) is 14.9. The van der Waals surface area contributed by atoms with E-state index in [1.165, 1.54) is 12.8 Å². The molecule has 6 heteroatoms. The number of imidazole rings is 1. The number of ether oxygens (including phenoxy) is 1. The molecule has 0 bridgehead atoms. The minimum Gasteiger partial charge on any atom is -0.497 e. The Morgan fingerprint density at radius 2 is 2.07 bits per heavy atom. The van der Waals surface area contributed by atoms with Gasteiger partial charge in [0.15, 0.2) is 5.82 Å². The zero-order valence-electron chi connectivity index (χ0n) is 17.4. The SMILES string of the molecule is CCCN(CC1CC1)C(=O)Cn1c(C(=O)C(C)CC)nc2cc(OC)ccc21. The standard InChI is InChI=1S/C22H31N3O3/c1-5-11-24(13-16-7-8-16)20(26)14-25-19-10-9-17(28-4)12-18(19)23-22(25)21(27)15(3)6-2/h9-10,12,15-16H,5-8,11,13-14H2,1-4H3. The molecule has 1 heterocycles. The van der Waals surface area contributed by atoms with Crippen molar-refractivity contribution >= 4 is 22.7 Å². The summed E-state index contributed by atoms with van der Waals surface area (Å²) < 4.78 is 7.09. The molecular formula is C22H31N3O3. The maximum atomic E-state index is 13.1. The number of aromatic nitrogens is 2. The van der Waals surface area contributed by atoms with Gasteiger partial charge in [0.2, 0.25) is 11.7 Å². The molecule has 3 rings (SSSR count). The fraction of sp³-hybridized carbons (Fsp3) is 0.591. The van der Waals surface area contributed by atoms with E-state index >= 15 is 0 Å². The minimum atomic E-state index is -0.134. The number of amides is 1. The Labute approximate surface area is 166 Å². The third-order valence-corrected chi connectivity index (χ3v) is 5.55. The minimum absolute atomic E-state index is 0.0188. The van der Waals surface area contributed by atoms with Crippen LogP contribution in [0.3, 0.4) is 0 Å². The maximum absolute atomic E-state index is 13.1. The molecular weight excluding hydrogens is 354 g/mol. The van der Waals surface area contributed by atoms with Crippen molar-refractivity contribution in [1.82, 2.24) is 14.5 Å². The molecule has 0 spiro atoms. The Bertz CT molecular complexity index is 854. The van der Waals surface area contributed by atoms with E-state index in [9.17, 15) is 9.59 Å². The van der Waals surface area contributed by atoms with Gasteiger partial charge in [-0.3, -0.25) is 9.59 Å². The molecule has 1 aliphatic carbocycles. The van der Waals surface area contributed by atoms with E-state index in [-0.39, 0.29) is 24.2 Å². The summed E-state index contributed by atoms with van der Waals surface area (Å²) in [7, 11) is 1.60. The van der Waals surface area contributed by atoms with Crippen molar-refractivity contribution in [1.29, 1.82) is 0 Å². The number of fused-ring (bicyclic) bond motifs is 1. The first-order valence-corrected chi connectivity index (χ1v) is 10.3. The molecule has 6 nitrogen and oxygen atoms in total. The number of methoxy groups -OCH3 is 1. The summed E-state index contributed by atoms with van der Waals surface area (Å²) in [5.74, 6) is 1.60. The summed E-state index contributed by atoms with van der Waals surface area (Å²) in [5.41, 5.74) is 1.48. The van der Waals surface area contributed by atoms with Gasteiger partial charge in [-0.2, -0.15) is 0 Å². The van der Waals surface area contributed by atoms with Crippen LogP contribution in [0.15, 0.2) is 18.2 Å². The summed E-state index contributed by atoms with van der Waals surface area (Å²) in [5, 5.41) is 0. The van der Waals surface area contributed by atoms with Crippen molar-refractivity contribution in [2.75, 3.05) is 20.2 Å². The van der Waals surface area contributed by atoms with Crippen LogP contribution in [-0.4, -0.2) is 46.3 Å². The second kappa shape index (κ2) is 8.76. The Morgan fingerprint density at radius 3 is 2.68 bits per heavy atom. The summed E-state index contributed by atoms with van der Waals surface area (Å²) in [6, 6.07) is 5.54. The average molecular weight is 386 g/mol. The van der Waals surface area contributed by atoms with E-state index in [2.05, 4.69) is 11.9 Å². The summed E-state index contributed by atoms with van der Waals surface area (Å²) in [6.07, 6.45) is 4.08. The molecule has 1 aromatic carbocycles. The highest BCUT2D eigenvalue weighted by molar-refractivity contribution is 5.98. The fourth-order valence-corrected chi connectivity index (χ4v) is 3.43. The Hall–Kier alpha value is -2.37. The fourth-order valence-electron chi connectivity index (χ4n) is 3.43. The lowest BCUT2D eigenvalue weighted by molar-refractivity contribution is -0.132. The van der Waals surface area contributed by atoms with E-state index in [0.29, 0.717) is 23.0 Å². The molecule has 1 saturated carbocycles. The van der Waals surface area contributed by atoms with Crippen LogP contribution in [0.25, 0.3) is 11.0 Å². The van der Waals surface area contributed by atoms with E-state index in [4.69, 9.17) is 4.74 Å². The maximum Gasteiger partial charge on any atom is 0.242 e. The molecule has 152 valence electrons. The van der Waals surface area contributed by atoms with Gasteiger partial charge in [-0.1, -0.05) is 20.8 Å². The first kappa shape index (κ1) is 20.4. The van der Waals surface area contributed by atoms with Gasteiger partial charge in [0.1, 0.15) is 12.3 Å². The average Bonchev–Trinajstić information content (AvgIpc) is 3.46. The number of benzene rings is 1. The second-order valence-corrected chi connectivity index (χ2v) is 7.83. The van der Waals surface area contributed by atoms with Crippen molar-refractivity contribution in [2.24, 2.45) is 11.8 Å². The molecule has 2 aromatic rings. The Morgan fingerprint density at radius 1 is 1.32 bits per heavy atom. The monoisotopic (exact) mass is 385 g/mol. The molecule has 1 aliphatic rings. The largest absolute Gasteiger partial charge is 0.497 e. The first-order chi connectivity index (χ1) is 13.5. The molecule has 0 radical (unpaired) electrons. The van der Waals surface area contributed by atoms with Crippen LogP contribution in [0, 0.1) is 11.8 Å². The Kier molecular flexibility index (Phi) is 6.37. The molecule has 1 aromatic heterocycles. The van der Waals surface area contributed by atoms with Crippen LogP contribution in [0.4, 0.5) is 0 Å². The summed E-state index contributed by atoms with van der Waals surface area (Å²) >= 11 is 0. The number of hydrogen-bond donors (Lipinski definition) is 0. The van der Waals surface area contributed by atoms with Crippen LogP contribution < -0.4 is 4.74 Å². The zero-order valence-corrected chi connectivity index (χ0v) is 17.4. The van der Waals surface area contributed by atoms with Gasteiger partial charge < -0.3 is 14.2 Å². The topological polar surface area (TPSA) is 64.4 Å². The predicted octanol–water partition coefficient (Wildman–Crippen LogP) is 3.92. The van der Waals surface area contributed by atoms with Crippen molar-refractivity contribution in [3.05, 3.63) is 24.0 Å². The number of Topliss-reactive ketones (excluding diaryl/α,β-unsaturated/α-hetero) is 1. The number of nitrogens with zero attached hydrogens (tertiary/aromatic N) is 3. The second-order valence-electron chi connectivity index (χ2n) is 7.83. The number of rotatable bonds is 10. The lowest BCUT2D eigenvalue weighted by Gasteiger charge is -2.23. The number of hydrogen-bond acceptors (Lipinski definition) is 4. The van der Waals surface area contributed by atoms with Gasteiger partial charge >= 0.3 is 0 Å². The molecule has 1 fully saturated rings. The van der Waals surface area contributed by atoms with Crippen molar-refractivity contribution in [3.63, 3.8) is 0 Å². The lowest BCUT2D eigenvalue weighted by Crippen LogP contribution is -2.36. The van der Waals surface area contributed by atoms with E-state index in [0.717, 1.165) is 31.4 Å². The van der Waals surface area contributed by atoms with Crippen LogP contribution in [0.1, 0.15) is 57.1 Å². The highest BCUT2D eigenvalue weighted by Crippen LogP contribution is 2.30. The number of carbonyl (C=O) groups excluding carboxylic acids is 2. The Balaban J connectivity index is 1.96. The van der Waals surface area contributed by atoms with Crippen molar-refractivity contribution < 1.29 is 14.3 Å². The van der Waals surface area contributed by atoms with Gasteiger partial charge in [0.25, 0.3) is 0 Å². The quantitative estimate of drug-likeness (QED) is 0.582. The molecule has 0 saturated heterocycles. The lowest BCUT2D eigenvalue weighted by atomic mass is 10.0. The van der Waals surface area contributed by atoms with Gasteiger partial charge in [-0.15, -0.1) is 0 Å². The van der Waals surface area contributed by atoms with Crippen LogP contribution in [0.2, 0.25) is 0 Å². The van der Waals surface area contributed by atoms with Crippen LogP contribution in [-0.2, 0) is 11.3 Å². The predicted molar refractivity (Wildman–Crippen MR) is 110 cm³/mol. The smallest absolute Gasteiger partial charge is 0.242 e. The summed E-state index contributed by atoms with van der Waals surface area (Å²) in [4.78, 5) is 32.6.